The van der Waals surface area contributed by atoms with Crippen molar-refractivity contribution in [2.75, 3.05) is 31.6 Å². The minimum atomic E-state index is -0.225. The van der Waals surface area contributed by atoms with Gasteiger partial charge in [-0.1, -0.05) is 0 Å². The predicted molar refractivity (Wildman–Crippen MR) is 90.1 cm³/mol. The molecule has 0 aliphatic carbocycles. The zero-order valence-corrected chi connectivity index (χ0v) is 13.5. The summed E-state index contributed by atoms with van der Waals surface area (Å²) >= 11 is 0. The maximum Gasteiger partial charge on any atom is 0.255 e. The molecule has 0 bridgehead atoms. The van der Waals surface area contributed by atoms with Gasteiger partial charge in [0.05, 0.1) is 25.1 Å². The second-order valence-corrected chi connectivity index (χ2v) is 5.63. The molecule has 1 aliphatic heterocycles. The van der Waals surface area contributed by atoms with Crippen LogP contribution in [0.1, 0.15) is 26.3 Å². The molecule has 6 nitrogen and oxygen atoms in total. The lowest BCUT2D eigenvalue weighted by Crippen LogP contribution is -2.40. The summed E-state index contributed by atoms with van der Waals surface area (Å²) < 4.78 is 5.25. The van der Waals surface area contributed by atoms with Gasteiger partial charge in [-0.2, -0.15) is 0 Å². The van der Waals surface area contributed by atoms with Gasteiger partial charge in [-0.3, -0.25) is 14.6 Å². The zero-order chi connectivity index (χ0) is 16.9. The van der Waals surface area contributed by atoms with Crippen LogP contribution >= 0.6 is 0 Å². The third-order valence-electron chi connectivity index (χ3n) is 3.98. The van der Waals surface area contributed by atoms with Crippen LogP contribution in [-0.2, 0) is 4.74 Å². The van der Waals surface area contributed by atoms with Crippen LogP contribution in [0.15, 0.2) is 42.7 Å². The molecular weight excluding hydrogens is 306 g/mol. The molecule has 124 valence electrons. The van der Waals surface area contributed by atoms with Crippen LogP contribution in [-0.4, -0.2) is 48.0 Å². The van der Waals surface area contributed by atoms with Gasteiger partial charge in [0.15, 0.2) is 0 Å². The van der Waals surface area contributed by atoms with Crippen LogP contribution in [0.2, 0.25) is 0 Å². The van der Waals surface area contributed by atoms with Crippen molar-refractivity contribution in [1.29, 1.82) is 0 Å². The van der Waals surface area contributed by atoms with E-state index >= 15 is 0 Å². The Morgan fingerprint density at radius 1 is 1.08 bits per heavy atom. The van der Waals surface area contributed by atoms with E-state index in [9.17, 15) is 9.59 Å². The highest BCUT2D eigenvalue weighted by Gasteiger charge is 2.18. The Labute approximate surface area is 140 Å². The van der Waals surface area contributed by atoms with Crippen LogP contribution in [0.25, 0.3) is 0 Å². The minimum absolute atomic E-state index is 0.0339. The fourth-order valence-corrected chi connectivity index (χ4v) is 2.50. The van der Waals surface area contributed by atoms with Gasteiger partial charge < -0.3 is 15.0 Å². The quantitative estimate of drug-likeness (QED) is 0.938. The number of anilines is 1. The standard InChI is InChI=1S/C18H19N3O3/c1-13-6-7-19-12-16(13)20-17(22)14-2-4-15(5-3-14)18(23)21-8-10-24-11-9-21/h2-7,12H,8-11H2,1H3,(H,20,22). The van der Waals surface area contributed by atoms with Crippen molar-refractivity contribution in [3.8, 4) is 0 Å². The molecule has 3 rings (SSSR count). The third-order valence-corrected chi connectivity index (χ3v) is 3.98. The van der Waals surface area contributed by atoms with Crippen molar-refractivity contribution in [1.82, 2.24) is 9.88 Å². The largest absolute Gasteiger partial charge is 0.378 e. The number of morpholine rings is 1. The number of pyridine rings is 1. The summed E-state index contributed by atoms with van der Waals surface area (Å²) in [6.07, 6.45) is 3.29. The van der Waals surface area contributed by atoms with E-state index in [1.165, 1.54) is 0 Å². The Bertz CT molecular complexity index is 737. The fourth-order valence-electron chi connectivity index (χ4n) is 2.50. The Morgan fingerprint density at radius 3 is 2.42 bits per heavy atom. The molecule has 1 aliphatic rings. The van der Waals surface area contributed by atoms with Gasteiger partial charge in [0.1, 0.15) is 0 Å². The number of aryl methyl sites for hydroxylation is 1. The van der Waals surface area contributed by atoms with Gasteiger partial charge in [0, 0.05) is 30.4 Å². The molecule has 0 radical (unpaired) electrons. The highest BCUT2D eigenvalue weighted by Crippen LogP contribution is 2.14. The number of hydrogen-bond donors (Lipinski definition) is 1. The monoisotopic (exact) mass is 325 g/mol. The third kappa shape index (κ3) is 3.60. The summed E-state index contributed by atoms with van der Waals surface area (Å²) in [5, 5.41) is 2.83. The van der Waals surface area contributed by atoms with E-state index in [4.69, 9.17) is 4.74 Å². The van der Waals surface area contributed by atoms with Gasteiger partial charge in [-0.05, 0) is 42.8 Å². The second-order valence-electron chi connectivity index (χ2n) is 5.63. The molecule has 1 aromatic carbocycles. The first-order valence-corrected chi connectivity index (χ1v) is 7.84. The number of nitrogens with one attached hydrogen (secondary N) is 1. The number of carbonyl (C=O) groups excluding carboxylic acids is 2. The lowest BCUT2D eigenvalue weighted by molar-refractivity contribution is 0.0303. The van der Waals surface area contributed by atoms with Gasteiger partial charge in [-0.25, -0.2) is 0 Å². The van der Waals surface area contributed by atoms with Crippen molar-refractivity contribution in [3.05, 3.63) is 59.4 Å². The van der Waals surface area contributed by atoms with Crippen molar-refractivity contribution in [2.45, 2.75) is 6.92 Å². The van der Waals surface area contributed by atoms with Crippen LogP contribution in [0, 0.1) is 6.92 Å². The van der Waals surface area contributed by atoms with E-state index in [2.05, 4.69) is 10.3 Å². The number of rotatable bonds is 3. The Morgan fingerprint density at radius 2 is 1.75 bits per heavy atom. The normalized spacial score (nSPS) is 14.3. The number of amides is 2. The first kappa shape index (κ1) is 16.1. The molecule has 0 spiro atoms. The molecule has 1 fully saturated rings. The topological polar surface area (TPSA) is 71.5 Å². The molecule has 2 aromatic rings. The number of benzene rings is 1. The molecule has 24 heavy (non-hydrogen) atoms. The molecule has 6 heteroatoms. The molecular formula is C18H19N3O3. The Hall–Kier alpha value is -2.73. The van der Waals surface area contributed by atoms with Crippen molar-refractivity contribution in [2.24, 2.45) is 0 Å². The summed E-state index contributed by atoms with van der Waals surface area (Å²) in [6.45, 7) is 4.23. The molecule has 0 unspecified atom stereocenters. The number of nitrogens with zero attached hydrogens (tertiary/aromatic N) is 2. The molecule has 1 N–H and O–H groups in total. The molecule has 2 heterocycles. The zero-order valence-electron chi connectivity index (χ0n) is 13.5. The SMILES string of the molecule is Cc1ccncc1NC(=O)c1ccc(C(=O)N2CCOCC2)cc1. The van der Waals surface area contributed by atoms with E-state index in [0.717, 1.165) is 5.56 Å². The Kier molecular flexibility index (Phi) is 4.86. The van der Waals surface area contributed by atoms with E-state index in [1.807, 2.05) is 13.0 Å². The van der Waals surface area contributed by atoms with Crippen molar-refractivity contribution in [3.63, 3.8) is 0 Å². The molecule has 0 atom stereocenters. The first-order valence-electron chi connectivity index (χ1n) is 7.84. The number of carbonyl (C=O) groups is 2. The minimum Gasteiger partial charge on any atom is -0.378 e. The molecule has 2 amide bonds. The molecule has 1 aromatic heterocycles. The summed E-state index contributed by atoms with van der Waals surface area (Å²) in [5.41, 5.74) is 2.69. The van der Waals surface area contributed by atoms with Crippen LogP contribution in [0.5, 0.6) is 0 Å². The van der Waals surface area contributed by atoms with E-state index < -0.39 is 0 Å². The highest BCUT2D eigenvalue weighted by atomic mass is 16.5. The van der Waals surface area contributed by atoms with E-state index in [0.29, 0.717) is 43.1 Å². The number of hydrogen-bond acceptors (Lipinski definition) is 4. The van der Waals surface area contributed by atoms with Crippen molar-refractivity contribution >= 4 is 17.5 Å². The van der Waals surface area contributed by atoms with Crippen LogP contribution in [0.3, 0.4) is 0 Å². The lowest BCUT2D eigenvalue weighted by Gasteiger charge is -2.26. The van der Waals surface area contributed by atoms with Crippen LogP contribution in [0.4, 0.5) is 5.69 Å². The summed E-state index contributed by atoms with van der Waals surface area (Å²) in [5.74, 6) is -0.259. The van der Waals surface area contributed by atoms with Gasteiger partial charge in [-0.15, -0.1) is 0 Å². The van der Waals surface area contributed by atoms with Gasteiger partial charge in [0.2, 0.25) is 0 Å². The second kappa shape index (κ2) is 7.23. The number of aromatic nitrogens is 1. The predicted octanol–water partition coefficient (Wildman–Crippen LogP) is 2.11. The van der Waals surface area contributed by atoms with Crippen molar-refractivity contribution < 1.29 is 14.3 Å². The maximum absolute atomic E-state index is 12.4. The van der Waals surface area contributed by atoms with Crippen LogP contribution < -0.4 is 5.32 Å². The molecule has 1 saturated heterocycles. The summed E-state index contributed by atoms with van der Waals surface area (Å²) in [4.78, 5) is 30.4. The lowest BCUT2D eigenvalue weighted by atomic mass is 10.1. The Balaban J connectivity index is 1.68. The molecule has 0 saturated carbocycles. The fraction of sp³-hybridized carbons (Fsp3) is 0.278. The average molecular weight is 325 g/mol. The summed E-state index contributed by atoms with van der Waals surface area (Å²) in [7, 11) is 0. The van der Waals surface area contributed by atoms with E-state index in [-0.39, 0.29) is 11.8 Å². The van der Waals surface area contributed by atoms with E-state index in [1.54, 1.807) is 41.6 Å². The smallest absolute Gasteiger partial charge is 0.255 e. The average Bonchev–Trinajstić information content (AvgIpc) is 2.64. The van der Waals surface area contributed by atoms with Gasteiger partial charge >= 0.3 is 0 Å². The highest BCUT2D eigenvalue weighted by molar-refractivity contribution is 6.05. The maximum atomic E-state index is 12.4. The number of ether oxygens (including phenoxy) is 1. The van der Waals surface area contributed by atoms with Gasteiger partial charge in [0.25, 0.3) is 11.8 Å². The summed E-state index contributed by atoms with van der Waals surface area (Å²) in [6, 6.07) is 8.52. The first-order chi connectivity index (χ1) is 11.6.